The maximum absolute atomic E-state index is 12.2. The number of aromatic carboxylic acids is 1. The molecular formula is C19H14N3O5S-. The third-order valence-electron chi connectivity index (χ3n) is 3.50. The number of amides is 2. The normalized spacial score (nSPS) is 16.2. The fraction of sp³-hybridized carbons (Fsp3) is 0.0526. The summed E-state index contributed by atoms with van der Waals surface area (Å²) in [5.74, 6) is -1.77. The minimum absolute atomic E-state index is 0.000264. The average molecular weight is 396 g/mol. The van der Waals surface area contributed by atoms with E-state index in [1.807, 2.05) is 0 Å². The third-order valence-corrected chi connectivity index (χ3v) is 4.41. The second kappa shape index (κ2) is 8.40. The number of hydrogen-bond donors (Lipinski definition) is 2. The predicted molar refractivity (Wildman–Crippen MR) is 103 cm³/mol. The molecule has 8 nitrogen and oxygen atoms in total. The Morgan fingerprint density at radius 1 is 1.21 bits per heavy atom. The van der Waals surface area contributed by atoms with E-state index in [1.165, 1.54) is 12.1 Å². The van der Waals surface area contributed by atoms with Crippen molar-refractivity contribution in [2.75, 3.05) is 6.61 Å². The number of ether oxygens (including phenoxy) is 1. The molecule has 0 spiro atoms. The summed E-state index contributed by atoms with van der Waals surface area (Å²) in [6, 6.07) is 12.8. The monoisotopic (exact) mass is 396 g/mol. The molecule has 0 unspecified atom stereocenters. The number of amidine groups is 1. The zero-order valence-corrected chi connectivity index (χ0v) is 15.2. The number of rotatable bonds is 6. The second-order valence-corrected chi connectivity index (χ2v) is 6.68. The van der Waals surface area contributed by atoms with Crippen LogP contribution in [0.1, 0.15) is 15.9 Å². The highest BCUT2D eigenvalue weighted by atomic mass is 32.2. The molecule has 1 saturated heterocycles. The van der Waals surface area contributed by atoms with Gasteiger partial charge in [-0.2, -0.15) is 0 Å². The molecule has 3 N–H and O–H groups in total. The summed E-state index contributed by atoms with van der Waals surface area (Å²) in [4.78, 5) is 38.6. The largest absolute Gasteiger partial charge is 0.545 e. The first-order chi connectivity index (χ1) is 13.4. The number of hydrogen-bond acceptors (Lipinski definition) is 7. The van der Waals surface area contributed by atoms with Crippen LogP contribution in [-0.2, 0) is 9.59 Å². The van der Waals surface area contributed by atoms with Gasteiger partial charge in [-0.05, 0) is 53.2 Å². The van der Waals surface area contributed by atoms with Crippen molar-refractivity contribution >= 4 is 46.5 Å². The van der Waals surface area contributed by atoms with Crippen LogP contribution in [0.2, 0.25) is 0 Å². The quantitative estimate of drug-likeness (QED) is 0.694. The van der Waals surface area contributed by atoms with E-state index in [2.05, 4.69) is 10.3 Å². The van der Waals surface area contributed by atoms with Crippen molar-refractivity contribution in [3.8, 4) is 5.75 Å². The lowest BCUT2D eigenvalue weighted by atomic mass is 10.2. The van der Waals surface area contributed by atoms with Gasteiger partial charge in [0, 0.05) is 0 Å². The first-order valence-corrected chi connectivity index (χ1v) is 8.84. The number of thioether (sulfide) groups is 1. The molecule has 0 saturated carbocycles. The average Bonchev–Trinajstić information content (AvgIpc) is 2.99. The van der Waals surface area contributed by atoms with Crippen molar-refractivity contribution in [3.05, 3.63) is 64.6 Å². The topological polar surface area (TPSA) is 134 Å². The number of nitrogens with zero attached hydrogens (tertiary/aromatic N) is 1. The van der Waals surface area contributed by atoms with Crippen molar-refractivity contribution in [2.45, 2.75) is 0 Å². The number of carbonyl (C=O) groups is 3. The molecule has 2 aromatic carbocycles. The number of carboxylic acids is 1. The predicted octanol–water partition coefficient (Wildman–Crippen LogP) is 0.806. The van der Waals surface area contributed by atoms with E-state index in [1.54, 1.807) is 42.5 Å². The Hall–Kier alpha value is -3.59. The fourth-order valence-corrected chi connectivity index (χ4v) is 3.14. The van der Waals surface area contributed by atoms with Gasteiger partial charge in [0.2, 0.25) is 0 Å². The van der Waals surface area contributed by atoms with Gasteiger partial charge in [0.05, 0.1) is 16.6 Å². The highest BCUT2D eigenvalue weighted by molar-refractivity contribution is 8.18. The molecule has 1 heterocycles. The Morgan fingerprint density at radius 3 is 2.75 bits per heavy atom. The Morgan fingerprint density at radius 2 is 2.00 bits per heavy atom. The molecule has 9 heteroatoms. The van der Waals surface area contributed by atoms with Crippen LogP contribution in [0.4, 0.5) is 5.69 Å². The standard InChI is InChI=1S/C19H15N3O5S/c20-16(23)10-27-14-6-1-3-11(7-14)8-15-17(24)22-19(28-15)21-13-5-2-4-12(9-13)18(25)26/h1-9H,10H2,(H2,20,23)(H,25,26)(H,21,22,24)/p-1/b15-8-. The van der Waals surface area contributed by atoms with E-state index >= 15 is 0 Å². The van der Waals surface area contributed by atoms with Crippen LogP contribution in [0.5, 0.6) is 5.75 Å². The molecule has 0 aromatic heterocycles. The molecular weight excluding hydrogens is 382 g/mol. The van der Waals surface area contributed by atoms with Gasteiger partial charge in [-0.1, -0.05) is 24.3 Å². The van der Waals surface area contributed by atoms with Crippen molar-refractivity contribution in [1.82, 2.24) is 5.32 Å². The SMILES string of the molecule is NC(=O)COc1cccc(/C=C2\SC(=Nc3cccc(C(=O)[O-])c3)NC2=O)c1. The second-order valence-electron chi connectivity index (χ2n) is 5.65. The zero-order chi connectivity index (χ0) is 20.1. The fourth-order valence-electron chi connectivity index (χ4n) is 2.30. The maximum Gasteiger partial charge on any atom is 0.264 e. The number of aliphatic imine (C=N–C) groups is 1. The van der Waals surface area contributed by atoms with Crippen molar-refractivity contribution in [3.63, 3.8) is 0 Å². The Balaban J connectivity index is 1.77. The number of nitrogens with one attached hydrogen (secondary N) is 1. The first-order valence-electron chi connectivity index (χ1n) is 8.03. The van der Waals surface area contributed by atoms with Crippen LogP contribution in [0, 0.1) is 0 Å². The van der Waals surface area contributed by atoms with E-state index in [4.69, 9.17) is 10.5 Å². The van der Waals surface area contributed by atoms with E-state index in [0.717, 1.165) is 11.8 Å². The van der Waals surface area contributed by atoms with Crippen LogP contribution < -0.4 is 20.9 Å². The summed E-state index contributed by atoms with van der Waals surface area (Å²) in [5, 5.41) is 13.9. The molecule has 0 bridgehead atoms. The zero-order valence-electron chi connectivity index (χ0n) is 14.4. The first kappa shape index (κ1) is 19.2. The Bertz CT molecular complexity index is 1020. The molecule has 3 rings (SSSR count). The number of benzene rings is 2. The van der Waals surface area contributed by atoms with Gasteiger partial charge in [-0.15, -0.1) is 0 Å². The van der Waals surface area contributed by atoms with Gasteiger partial charge in [0.15, 0.2) is 11.8 Å². The Kier molecular flexibility index (Phi) is 5.75. The minimum Gasteiger partial charge on any atom is -0.545 e. The van der Waals surface area contributed by atoms with Crippen LogP contribution in [0.25, 0.3) is 6.08 Å². The van der Waals surface area contributed by atoms with Crippen molar-refractivity contribution in [2.24, 2.45) is 10.7 Å². The van der Waals surface area contributed by atoms with Gasteiger partial charge < -0.3 is 25.7 Å². The summed E-state index contributed by atoms with van der Waals surface area (Å²) in [7, 11) is 0. The van der Waals surface area contributed by atoms with Crippen molar-refractivity contribution < 1.29 is 24.2 Å². The van der Waals surface area contributed by atoms with Gasteiger partial charge in [0.25, 0.3) is 11.8 Å². The number of carbonyl (C=O) groups excluding carboxylic acids is 3. The molecule has 1 aliphatic rings. The van der Waals surface area contributed by atoms with E-state index in [-0.39, 0.29) is 18.1 Å². The summed E-state index contributed by atoms with van der Waals surface area (Å²) >= 11 is 1.12. The lowest BCUT2D eigenvalue weighted by molar-refractivity contribution is -0.255. The van der Waals surface area contributed by atoms with Crippen LogP contribution in [0.3, 0.4) is 0 Å². The lowest BCUT2D eigenvalue weighted by Crippen LogP contribution is -2.22. The lowest BCUT2D eigenvalue weighted by Gasteiger charge is -2.04. The third kappa shape index (κ3) is 4.98. The smallest absolute Gasteiger partial charge is 0.264 e. The highest BCUT2D eigenvalue weighted by Gasteiger charge is 2.23. The van der Waals surface area contributed by atoms with E-state index < -0.39 is 11.9 Å². The number of carboxylic acid groups (broad SMARTS) is 1. The van der Waals surface area contributed by atoms with Gasteiger partial charge in [-0.25, -0.2) is 4.99 Å². The van der Waals surface area contributed by atoms with Crippen LogP contribution >= 0.6 is 11.8 Å². The maximum atomic E-state index is 12.2. The summed E-state index contributed by atoms with van der Waals surface area (Å²) in [6.07, 6.45) is 1.65. The summed E-state index contributed by atoms with van der Waals surface area (Å²) < 4.78 is 5.24. The van der Waals surface area contributed by atoms with E-state index in [9.17, 15) is 19.5 Å². The number of primary amides is 1. The van der Waals surface area contributed by atoms with Gasteiger partial charge in [-0.3, -0.25) is 9.59 Å². The minimum atomic E-state index is -1.30. The molecule has 1 fully saturated rings. The molecule has 28 heavy (non-hydrogen) atoms. The van der Waals surface area contributed by atoms with E-state index in [0.29, 0.717) is 27.1 Å². The number of nitrogens with two attached hydrogens (primary N) is 1. The van der Waals surface area contributed by atoms with Gasteiger partial charge in [0.1, 0.15) is 5.75 Å². The summed E-state index contributed by atoms with van der Waals surface area (Å²) in [5.41, 5.74) is 6.13. The highest BCUT2D eigenvalue weighted by Crippen LogP contribution is 2.29. The molecule has 2 aromatic rings. The molecule has 0 aliphatic carbocycles. The Labute approximate surface area is 164 Å². The molecule has 2 amide bonds. The van der Waals surface area contributed by atoms with Gasteiger partial charge >= 0.3 is 0 Å². The van der Waals surface area contributed by atoms with Crippen molar-refractivity contribution in [1.29, 1.82) is 0 Å². The van der Waals surface area contributed by atoms with Crippen LogP contribution in [-0.4, -0.2) is 29.6 Å². The summed E-state index contributed by atoms with van der Waals surface area (Å²) in [6.45, 7) is -0.239. The molecule has 1 aliphatic heterocycles. The molecule has 142 valence electrons. The molecule has 0 radical (unpaired) electrons. The van der Waals surface area contributed by atoms with Crippen LogP contribution in [0.15, 0.2) is 58.4 Å². The molecule has 0 atom stereocenters.